The van der Waals surface area contributed by atoms with Crippen LogP contribution in [0.5, 0.6) is 0 Å². The summed E-state index contributed by atoms with van der Waals surface area (Å²) in [5.41, 5.74) is 5.28. The van der Waals surface area contributed by atoms with E-state index in [1.807, 2.05) is 11.8 Å². The Morgan fingerprint density at radius 2 is 2.31 bits per heavy atom. The molecule has 88 valence electrons. The Morgan fingerprint density at radius 3 is 3.06 bits per heavy atom. The molecular weight excluding hydrogens is 221 g/mol. The maximum Gasteiger partial charge on any atom is 0.0902 e. The topological polar surface area (TPSA) is 15.8 Å². The highest BCUT2D eigenvalue weighted by Gasteiger charge is 2.21. The number of nitrogens with one attached hydrogen (secondary N) is 1. The summed E-state index contributed by atoms with van der Waals surface area (Å²) in [6.45, 7) is 4.06. The van der Waals surface area contributed by atoms with Gasteiger partial charge in [0.2, 0.25) is 0 Å². The summed E-state index contributed by atoms with van der Waals surface area (Å²) >= 11 is 1.87. The summed E-state index contributed by atoms with van der Waals surface area (Å²) in [6, 6.07) is 2.20. The molecule has 1 unspecified atom stereocenters. The van der Waals surface area contributed by atoms with E-state index in [2.05, 4.69) is 31.0 Å². The number of alkyl halides is 1. The summed E-state index contributed by atoms with van der Waals surface area (Å²) in [5, 5.41) is 0.486. The summed E-state index contributed by atoms with van der Waals surface area (Å²) in [5.74, 6) is 0.909. The van der Waals surface area contributed by atoms with Gasteiger partial charge >= 0.3 is 0 Å². The number of fused-ring (bicyclic) bond motifs is 1. The van der Waals surface area contributed by atoms with Gasteiger partial charge in [-0.05, 0) is 44.1 Å². The molecule has 1 aromatic rings. The van der Waals surface area contributed by atoms with Gasteiger partial charge in [0.25, 0.3) is 0 Å². The standard InChI is InChI=1S/C13H18FNS/c1-9-6-11-8-10(2)15-13(11)12(7-9)16-5-3-4-14/h6,8,12,15H,3-5,7H2,1-2H3. The van der Waals surface area contributed by atoms with Gasteiger partial charge in [-0.25, -0.2) is 0 Å². The van der Waals surface area contributed by atoms with Crippen molar-refractivity contribution < 1.29 is 4.39 Å². The second-order valence-corrected chi connectivity index (χ2v) is 5.73. The molecule has 1 aliphatic carbocycles. The number of rotatable bonds is 4. The average Bonchev–Trinajstić information content (AvgIpc) is 2.58. The van der Waals surface area contributed by atoms with E-state index < -0.39 is 0 Å². The monoisotopic (exact) mass is 239 g/mol. The Balaban J connectivity index is 2.12. The van der Waals surface area contributed by atoms with Crippen molar-refractivity contribution in [1.82, 2.24) is 4.98 Å². The third-order valence-corrected chi connectivity index (χ3v) is 4.17. The van der Waals surface area contributed by atoms with Crippen LogP contribution in [0.3, 0.4) is 0 Å². The van der Waals surface area contributed by atoms with E-state index in [9.17, 15) is 4.39 Å². The van der Waals surface area contributed by atoms with Crippen molar-refractivity contribution in [3.05, 3.63) is 28.6 Å². The zero-order chi connectivity index (χ0) is 11.5. The number of hydrogen-bond donors (Lipinski definition) is 1. The SMILES string of the molecule is CC1=Cc2cc(C)[nH]c2C(SCCCF)C1. The zero-order valence-corrected chi connectivity index (χ0v) is 10.7. The highest BCUT2D eigenvalue weighted by Crippen LogP contribution is 2.40. The summed E-state index contributed by atoms with van der Waals surface area (Å²) < 4.78 is 12.1. The molecule has 0 bridgehead atoms. The number of aromatic amines is 1. The molecule has 1 N–H and O–H groups in total. The molecule has 0 fully saturated rings. The fourth-order valence-corrected chi connectivity index (χ4v) is 3.46. The van der Waals surface area contributed by atoms with Crippen molar-refractivity contribution in [2.45, 2.75) is 31.9 Å². The number of allylic oxidation sites excluding steroid dienone is 1. The predicted octanol–water partition coefficient (Wildman–Crippen LogP) is 4.26. The number of aryl methyl sites for hydroxylation is 1. The van der Waals surface area contributed by atoms with Crippen LogP contribution in [0.1, 0.15) is 42.0 Å². The van der Waals surface area contributed by atoms with Crippen molar-refractivity contribution in [3.63, 3.8) is 0 Å². The maximum absolute atomic E-state index is 12.1. The molecule has 3 heteroatoms. The number of H-pyrrole nitrogens is 1. The van der Waals surface area contributed by atoms with Crippen LogP contribution in [0.15, 0.2) is 11.6 Å². The Bertz CT molecular complexity index is 395. The first-order valence-electron chi connectivity index (χ1n) is 5.75. The highest BCUT2D eigenvalue weighted by molar-refractivity contribution is 7.99. The van der Waals surface area contributed by atoms with Crippen LogP contribution in [0.4, 0.5) is 4.39 Å². The molecule has 1 aromatic heterocycles. The van der Waals surface area contributed by atoms with E-state index in [1.165, 1.54) is 22.5 Å². The number of thioether (sulfide) groups is 1. The lowest BCUT2D eigenvalue weighted by atomic mass is 9.98. The second-order valence-electron chi connectivity index (χ2n) is 4.42. The predicted molar refractivity (Wildman–Crippen MR) is 69.6 cm³/mol. The Morgan fingerprint density at radius 1 is 1.50 bits per heavy atom. The van der Waals surface area contributed by atoms with E-state index >= 15 is 0 Å². The van der Waals surface area contributed by atoms with Crippen LogP contribution in [0.2, 0.25) is 0 Å². The molecule has 0 amide bonds. The van der Waals surface area contributed by atoms with Crippen molar-refractivity contribution in [3.8, 4) is 0 Å². The molecule has 0 saturated heterocycles. The van der Waals surface area contributed by atoms with Crippen molar-refractivity contribution in [2.75, 3.05) is 12.4 Å². The molecule has 1 nitrogen and oxygen atoms in total. The van der Waals surface area contributed by atoms with Crippen LogP contribution in [-0.4, -0.2) is 17.4 Å². The normalized spacial score (nSPS) is 19.4. The molecule has 1 heterocycles. The fourth-order valence-electron chi connectivity index (χ4n) is 2.16. The first kappa shape index (κ1) is 11.8. The molecule has 16 heavy (non-hydrogen) atoms. The lowest BCUT2D eigenvalue weighted by Crippen LogP contribution is -2.03. The van der Waals surface area contributed by atoms with Gasteiger partial charge in [0.05, 0.1) is 6.67 Å². The van der Waals surface area contributed by atoms with Crippen molar-refractivity contribution >= 4 is 17.8 Å². The van der Waals surface area contributed by atoms with E-state index in [-0.39, 0.29) is 6.67 Å². The van der Waals surface area contributed by atoms with Crippen LogP contribution in [0.25, 0.3) is 6.08 Å². The largest absolute Gasteiger partial charge is 0.361 e. The third kappa shape index (κ3) is 2.51. The van der Waals surface area contributed by atoms with Crippen LogP contribution in [0, 0.1) is 6.92 Å². The smallest absolute Gasteiger partial charge is 0.0902 e. The quantitative estimate of drug-likeness (QED) is 0.776. The number of aromatic nitrogens is 1. The van der Waals surface area contributed by atoms with E-state index in [0.717, 1.165) is 12.2 Å². The maximum atomic E-state index is 12.1. The molecule has 1 aliphatic rings. The first-order chi connectivity index (χ1) is 7.70. The lowest BCUT2D eigenvalue weighted by molar-refractivity contribution is 0.489. The summed E-state index contributed by atoms with van der Waals surface area (Å²) in [6.07, 6.45) is 4.01. The average molecular weight is 239 g/mol. The van der Waals surface area contributed by atoms with Crippen LogP contribution in [-0.2, 0) is 0 Å². The molecular formula is C13H18FNS. The van der Waals surface area contributed by atoms with Gasteiger partial charge in [-0.15, -0.1) is 0 Å². The summed E-state index contributed by atoms with van der Waals surface area (Å²) in [7, 11) is 0. The minimum Gasteiger partial charge on any atom is -0.361 e. The van der Waals surface area contributed by atoms with Crippen LogP contribution >= 0.6 is 11.8 Å². The number of halogens is 1. The molecule has 0 spiro atoms. The minimum atomic E-state index is -0.203. The van der Waals surface area contributed by atoms with Gasteiger partial charge in [-0.3, -0.25) is 4.39 Å². The molecule has 2 rings (SSSR count). The van der Waals surface area contributed by atoms with Crippen molar-refractivity contribution in [1.29, 1.82) is 0 Å². The Hall–Kier alpha value is -0.700. The van der Waals surface area contributed by atoms with Gasteiger partial charge in [0.15, 0.2) is 0 Å². The van der Waals surface area contributed by atoms with Gasteiger partial charge < -0.3 is 4.98 Å². The fraction of sp³-hybridized carbons (Fsp3) is 0.538. The van der Waals surface area contributed by atoms with Gasteiger partial charge in [-0.2, -0.15) is 11.8 Å². The van der Waals surface area contributed by atoms with E-state index in [4.69, 9.17) is 0 Å². The lowest BCUT2D eigenvalue weighted by Gasteiger charge is -2.21. The third-order valence-electron chi connectivity index (χ3n) is 2.84. The van der Waals surface area contributed by atoms with Gasteiger partial charge in [-0.1, -0.05) is 11.6 Å². The highest BCUT2D eigenvalue weighted by atomic mass is 32.2. The van der Waals surface area contributed by atoms with Crippen molar-refractivity contribution in [2.24, 2.45) is 0 Å². The second kappa shape index (κ2) is 5.09. The molecule has 0 aliphatic heterocycles. The zero-order valence-electron chi connectivity index (χ0n) is 9.85. The van der Waals surface area contributed by atoms with E-state index in [1.54, 1.807) is 0 Å². The van der Waals surface area contributed by atoms with Gasteiger partial charge in [0.1, 0.15) is 0 Å². The Labute approximate surface area is 101 Å². The summed E-state index contributed by atoms with van der Waals surface area (Å²) in [4.78, 5) is 3.43. The molecule has 0 radical (unpaired) electrons. The molecule has 0 aromatic carbocycles. The molecule has 0 saturated carbocycles. The molecule has 1 atom stereocenters. The first-order valence-corrected chi connectivity index (χ1v) is 6.80. The number of hydrogen-bond acceptors (Lipinski definition) is 1. The van der Waals surface area contributed by atoms with Gasteiger partial charge in [0, 0.05) is 16.6 Å². The minimum absolute atomic E-state index is 0.203. The van der Waals surface area contributed by atoms with E-state index in [0.29, 0.717) is 11.7 Å². The van der Waals surface area contributed by atoms with Crippen LogP contribution < -0.4 is 0 Å². The Kier molecular flexibility index (Phi) is 3.74.